The number of hydrogen-bond acceptors (Lipinski definition) is 5. The number of nitrogens with zero attached hydrogens (tertiary/aromatic N) is 6. The second-order valence-corrected chi connectivity index (χ2v) is 9.47. The van der Waals surface area contributed by atoms with E-state index in [4.69, 9.17) is 0 Å². The third-order valence-electron chi connectivity index (χ3n) is 7.39. The molecule has 1 aliphatic carbocycles. The van der Waals surface area contributed by atoms with Gasteiger partial charge in [0.2, 0.25) is 11.8 Å². The highest BCUT2D eigenvalue weighted by molar-refractivity contribution is 5.78. The van der Waals surface area contributed by atoms with Gasteiger partial charge in [0.15, 0.2) is 5.65 Å². The molecule has 0 atom stereocenters. The van der Waals surface area contributed by atoms with Gasteiger partial charge in [-0.25, -0.2) is 9.50 Å². The molecule has 0 aromatic carbocycles. The van der Waals surface area contributed by atoms with E-state index in [1.807, 2.05) is 23.6 Å². The topological polar surface area (TPSA) is 94.6 Å². The predicted octanol–water partition coefficient (Wildman–Crippen LogP) is 3.18. The number of aromatic nitrogens is 3. The van der Waals surface area contributed by atoms with Crippen molar-refractivity contribution in [2.24, 2.45) is 5.92 Å². The Bertz CT molecular complexity index is 1060. The van der Waals surface area contributed by atoms with Gasteiger partial charge >= 0.3 is 0 Å². The third kappa shape index (κ3) is 5.18. The van der Waals surface area contributed by atoms with E-state index < -0.39 is 0 Å². The summed E-state index contributed by atoms with van der Waals surface area (Å²) in [5.74, 6) is 1.08. The van der Waals surface area contributed by atoms with Crippen LogP contribution in [0.25, 0.3) is 5.65 Å². The number of nitriles is 1. The molecule has 2 aromatic heterocycles. The molecule has 33 heavy (non-hydrogen) atoms. The van der Waals surface area contributed by atoms with Gasteiger partial charge in [-0.05, 0) is 38.2 Å². The highest BCUT2D eigenvalue weighted by Gasteiger charge is 2.25. The lowest BCUT2D eigenvalue weighted by atomic mass is 9.86. The number of hydrogen-bond donors (Lipinski definition) is 0. The van der Waals surface area contributed by atoms with Crippen LogP contribution >= 0.6 is 0 Å². The molecule has 0 unspecified atom stereocenters. The van der Waals surface area contributed by atoms with E-state index in [2.05, 4.69) is 16.2 Å². The molecule has 3 heterocycles. The molecule has 0 spiro atoms. The van der Waals surface area contributed by atoms with Crippen molar-refractivity contribution in [1.82, 2.24) is 24.4 Å². The number of carbonyl (C=O) groups excluding carboxylic acids is 2. The Labute approximate surface area is 195 Å². The summed E-state index contributed by atoms with van der Waals surface area (Å²) in [5, 5.41) is 13.5. The lowest BCUT2D eigenvalue weighted by Gasteiger charge is -2.35. The number of rotatable bonds is 6. The third-order valence-corrected chi connectivity index (χ3v) is 7.39. The van der Waals surface area contributed by atoms with Crippen molar-refractivity contribution in [3.05, 3.63) is 28.7 Å². The van der Waals surface area contributed by atoms with Crippen molar-refractivity contribution < 1.29 is 9.59 Å². The van der Waals surface area contributed by atoms with Crippen molar-refractivity contribution in [2.45, 2.75) is 71.6 Å². The molecule has 0 bridgehead atoms. The minimum atomic E-state index is 0.112. The van der Waals surface area contributed by atoms with Crippen LogP contribution in [0.5, 0.6) is 0 Å². The van der Waals surface area contributed by atoms with Gasteiger partial charge in [-0.1, -0.05) is 32.1 Å². The van der Waals surface area contributed by atoms with Gasteiger partial charge in [-0.15, -0.1) is 0 Å². The van der Waals surface area contributed by atoms with E-state index in [1.165, 1.54) is 38.3 Å². The second-order valence-electron chi connectivity index (χ2n) is 9.47. The monoisotopic (exact) mass is 450 g/mol. The second kappa shape index (κ2) is 10.3. The van der Waals surface area contributed by atoms with E-state index in [1.54, 1.807) is 4.52 Å². The highest BCUT2D eigenvalue weighted by Crippen LogP contribution is 2.27. The summed E-state index contributed by atoms with van der Waals surface area (Å²) in [6.45, 7) is 6.34. The first-order chi connectivity index (χ1) is 16.0. The molecular weight excluding hydrogens is 416 g/mol. The largest absolute Gasteiger partial charge is 0.339 e. The standard InChI is InChI=1S/C25H34N6O2/c1-18-22(19(2)31-25(28-18)21(16-26)17-27-31)9-11-24(33)30-14-12-29(13-15-30)23(32)10-8-20-6-4-3-5-7-20/h17,20H,3-15H2,1-2H3. The van der Waals surface area contributed by atoms with Crippen molar-refractivity contribution in [2.75, 3.05) is 26.2 Å². The van der Waals surface area contributed by atoms with Crippen LogP contribution in [0.15, 0.2) is 6.20 Å². The number of carbonyl (C=O) groups is 2. The summed E-state index contributed by atoms with van der Waals surface area (Å²) in [7, 11) is 0. The fourth-order valence-electron chi connectivity index (χ4n) is 5.31. The molecule has 1 saturated heterocycles. The SMILES string of the molecule is Cc1nc2c(C#N)cnn2c(C)c1CCC(=O)N1CCN(C(=O)CCC2CCCCC2)CC1. The maximum Gasteiger partial charge on any atom is 0.223 e. The van der Waals surface area contributed by atoms with Crippen molar-refractivity contribution >= 4 is 17.5 Å². The van der Waals surface area contributed by atoms with Crippen LogP contribution in [0.3, 0.4) is 0 Å². The molecule has 4 rings (SSSR count). The minimum absolute atomic E-state index is 0.112. The molecule has 176 valence electrons. The number of fused-ring (bicyclic) bond motifs is 1. The average Bonchev–Trinajstić information content (AvgIpc) is 3.26. The maximum atomic E-state index is 12.9. The summed E-state index contributed by atoms with van der Waals surface area (Å²) < 4.78 is 1.68. The Morgan fingerprint density at radius 3 is 2.30 bits per heavy atom. The van der Waals surface area contributed by atoms with Crippen molar-refractivity contribution in [1.29, 1.82) is 5.26 Å². The fourth-order valence-corrected chi connectivity index (χ4v) is 5.31. The molecular formula is C25H34N6O2. The van der Waals surface area contributed by atoms with E-state index in [0.29, 0.717) is 56.7 Å². The first-order valence-corrected chi connectivity index (χ1v) is 12.3. The van der Waals surface area contributed by atoms with Gasteiger partial charge in [0, 0.05) is 50.4 Å². The highest BCUT2D eigenvalue weighted by atomic mass is 16.2. The molecule has 1 saturated carbocycles. The first-order valence-electron chi connectivity index (χ1n) is 12.3. The van der Waals surface area contributed by atoms with Gasteiger partial charge < -0.3 is 9.80 Å². The van der Waals surface area contributed by atoms with E-state index in [0.717, 1.165) is 29.3 Å². The van der Waals surface area contributed by atoms with E-state index >= 15 is 0 Å². The molecule has 2 fully saturated rings. The van der Waals surface area contributed by atoms with Crippen LogP contribution in [0.1, 0.15) is 73.9 Å². The van der Waals surface area contributed by atoms with Crippen LogP contribution in [0.2, 0.25) is 0 Å². The lowest BCUT2D eigenvalue weighted by molar-refractivity contribution is -0.139. The molecule has 0 N–H and O–H groups in total. The zero-order valence-electron chi connectivity index (χ0n) is 19.8. The average molecular weight is 451 g/mol. The van der Waals surface area contributed by atoms with Crippen LogP contribution in [-0.4, -0.2) is 62.4 Å². The Morgan fingerprint density at radius 2 is 1.67 bits per heavy atom. The van der Waals surface area contributed by atoms with Gasteiger partial charge in [-0.3, -0.25) is 9.59 Å². The van der Waals surface area contributed by atoms with Gasteiger partial charge in [0.05, 0.1) is 6.20 Å². The molecule has 1 aliphatic heterocycles. The Hall–Kier alpha value is -2.95. The molecule has 2 aliphatic rings. The predicted molar refractivity (Wildman–Crippen MR) is 124 cm³/mol. The zero-order valence-corrected chi connectivity index (χ0v) is 19.8. The smallest absolute Gasteiger partial charge is 0.223 e. The van der Waals surface area contributed by atoms with Gasteiger partial charge in [0.25, 0.3) is 0 Å². The van der Waals surface area contributed by atoms with E-state index in [9.17, 15) is 14.9 Å². The minimum Gasteiger partial charge on any atom is -0.339 e. The van der Waals surface area contributed by atoms with E-state index in [-0.39, 0.29) is 11.8 Å². The van der Waals surface area contributed by atoms with Gasteiger partial charge in [0.1, 0.15) is 11.6 Å². The van der Waals surface area contributed by atoms with Crippen LogP contribution in [0.4, 0.5) is 0 Å². The molecule has 0 radical (unpaired) electrons. The van der Waals surface area contributed by atoms with Crippen LogP contribution < -0.4 is 0 Å². The summed E-state index contributed by atoms with van der Waals surface area (Å²) in [4.78, 5) is 33.8. The number of piperazine rings is 1. The lowest BCUT2D eigenvalue weighted by Crippen LogP contribution is -2.50. The first kappa shape index (κ1) is 23.2. The van der Waals surface area contributed by atoms with Crippen LogP contribution in [0, 0.1) is 31.1 Å². The normalized spacial score (nSPS) is 17.4. The fraction of sp³-hybridized carbons (Fsp3) is 0.640. The van der Waals surface area contributed by atoms with Gasteiger partial charge in [-0.2, -0.15) is 10.4 Å². The Morgan fingerprint density at radius 1 is 1.03 bits per heavy atom. The molecule has 2 aromatic rings. The molecule has 8 nitrogen and oxygen atoms in total. The summed E-state index contributed by atoms with van der Waals surface area (Å²) in [5.41, 5.74) is 3.76. The Balaban J connectivity index is 1.26. The Kier molecular flexibility index (Phi) is 7.26. The van der Waals surface area contributed by atoms with Crippen LogP contribution in [-0.2, 0) is 16.0 Å². The van der Waals surface area contributed by atoms with Crippen molar-refractivity contribution in [3.8, 4) is 6.07 Å². The number of aryl methyl sites for hydroxylation is 2. The molecule has 2 amide bonds. The summed E-state index contributed by atoms with van der Waals surface area (Å²) in [6, 6.07) is 2.12. The summed E-state index contributed by atoms with van der Waals surface area (Å²) in [6.07, 6.45) is 10.7. The van der Waals surface area contributed by atoms with Crippen molar-refractivity contribution in [3.63, 3.8) is 0 Å². The summed E-state index contributed by atoms with van der Waals surface area (Å²) >= 11 is 0. The maximum absolute atomic E-state index is 12.9. The number of amides is 2. The quantitative estimate of drug-likeness (QED) is 0.674. The zero-order chi connectivity index (χ0) is 23.4. The molecule has 8 heteroatoms.